The van der Waals surface area contributed by atoms with E-state index in [1.165, 1.54) is 11.3 Å². The normalized spacial score (nSPS) is 18.8. The van der Waals surface area contributed by atoms with Crippen LogP contribution in [0.2, 0.25) is 0 Å². The molecule has 2 aromatic rings. The lowest BCUT2D eigenvalue weighted by Gasteiger charge is -2.26. The van der Waals surface area contributed by atoms with Crippen LogP contribution in [-0.2, 0) is 4.79 Å². The zero-order valence-corrected chi connectivity index (χ0v) is 15.3. The molecule has 136 valence electrons. The number of hydrogen-bond donors (Lipinski definition) is 0. The van der Waals surface area contributed by atoms with Gasteiger partial charge in [-0.2, -0.15) is 0 Å². The number of fused-ring (bicyclic) bond motifs is 1. The van der Waals surface area contributed by atoms with Gasteiger partial charge in [-0.05, 0) is 42.0 Å². The van der Waals surface area contributed by atoms with Crippen molar-refractivity contribution in [3.05, 3.63) is 46.2 Å². The molecule has 2 aliphatic heterocycles. The van der Waals surface area contributed by atoms with Crippen LogP contribution in [0.15, 0.2) is 35.7 Å². The monoisotopic (exact) mass is 371 g/mol. The maximum absolute atomic E-state index is 12.7. The topological polar surface area (TPSA) is 55.8 Å². The van der Waals surface area contributed by atoms with Crippen molar-refractivity contribution in [3.63, 3.8) is 0 Å². The lowest BCUT2D eigenvalue weighted by Crippen LogP contribution is -2.30. The van der Waals surface area contributed by atoms with Gasteiger partial charge in [-0.25, -0.2) is 0 Å². The molecule has 1 amide bonds. The van der Waals surface area contributed by atoms with E-state index in [0.29, 0.717) is 13.2 Å². The lowest BCUT2D eigenvalue weighted by molar-refractivity contribution is -0.132. The molecule has 5 nitrogen and oxygen atoms in total. The van der Waals surface area contributed by atoms with E-state index in [1.807, 2.05) is 40.6 Å². The lowest BCUT2D eigenvalue weighted by atomic mass is 10.0. The number of ketones is 1. The molecule has 4 rings (SSSR count). The van der Waals surface area contributed by atoms with Crippen LogP contribution >= 0.6 is 11.3 Å². The van der Waals surface area contributed by atoms with Gasteiger partial charge in [0.05, 0.1) is 10.9 Å². The summed E-state index contributed by atoms with van der Waals surface area (Å²) in [5.74, 6) is 1.61. The molecular weight excluding hydrogens is 350 g/mol. The second-order valence-electron chi connectivity index (χ2n) is 6.55. The molecule has 0 spiro atoms. The number of amides is 1. The van der Waals surface area contributed by atoms with Crippen LogP contribution in [0.4, 0.5) is 0 Å². The molecular formula is C20H21NO4S. The maximum Gasteiger partial charge on any atom is 0.223 e. The Kier molecular flexibility index (Phi) is 4.93. The Morgan fingerprint density at radius 1 is 1.12 bits per heavy atom. The SMILES string of the molecule is O=C(CCC(=O)N1CCC[C@H]1c1ccc2c(c1)OCCO2)c1cccs1. The Hall–Kier alpha value is -2.34. The summed E-state index contributed by atoms with van der Waals surface area (Å²) in [6.45, 7) is 1.86. The molecule has 0 saturated carbocycles. The molecule has 0 unspecified atom stereocenters. The minimum atomic E-state index is 0.0448. The van der Waals surface area contributed by atoms with Crippen LogP contribution in [0, 0.1) is 0 Å². The number of rotatable bonds is 5. The molecule has 1 aromatic heterocycles. The third kappa shape index (κ3) is 3.46. The first kappa shape index (κ1) is 17.1. The summed E-state index contributed by atoms with van der Waals surface area (Å²) in [5, 5.41) is 1.88. The van der Waals surface area contributed by atoms with Crippen LogP contribution in [0.5, 0.6) is 11.5 Å². The van der Waals surface area contributed by atoms with Crippen molar-refractivity contribution in [2.75, 3.05) is 19.8 Å². The number of benzene rings is 1. The van der Waals surface area contributed by atoms with Gasteiger partial charge in [0, 0.05) is 19.4 Å². The Balaban J connectivity index is 1.43. The largest absolute Gasteiger partial charge is 0.486 e. The van der Waals surface area contributed by atoms with Crippen LogP contribution < -0.4 is 9.47 Å². The van der Waals surface area contributed by atoms with Gasteiger partial charge in [0.15, 0.2) is 17.3 Å². The fourth-order valence-corrected chi connectivity index (χ4v) is 4.30. The second kappa shape index (κ2) is 7.50. The van der Waals surface area contributed by atoms with E-state index in [0.717, 1.165) is 41.3 Å². The highest BCUT2D eigenvalue weighted by atomic mass is 32.1. The van der Waals surface area contributed by atoms with Crippen LogP contribution in [-0.4, -0.2) is 36.3 Å². The van der Waals surface area contributed by atoms with Crippen LogP contribution in [0.1, 0.15) is 47.0 Å². The number of hydrogen-bond acceptors (Lipinski definition) is 5. The molecule has 2 aliphatic rings. The van der Waals surface area contributed by atoms with Gasteiger partial charge in [-0.15, -0.1) is 11.3 Å². The van der Waals surface area contributed by atoms with Crippen molar-refractivity contribution in [1.29, 1.82) is 0 Å². The second-order valence-corrected chi connectivity index (χ2v) is 7.50. The van der Waals surface area contributed by atoms with Gasteiger partial charge < -0.3 is 14.4 Å². The Labute approximate surface area is 156 Å². The van der Waals surface area contributed by atoms with Crippen molar-refractivity contribution in [3.8, 4) is 11.5 Å². The summed E-state index contributed by atoms with van der Waals surface area (Å²) in [4.78, 5) is 27.5. The first-order chi connectivity index (χ1) is 12.7. The number of carbonyl (C=O) groups excluding carboxylic acids is 2. The standard InChI is InChI=1S/C20H21NO4S/c22-16(19-4-2-12-26-19)6-8-20(23)21-9-1-3-15(21)14-5-7-17-18(13-14)25-11-10-24-17/h2,4-5,7,12-13,15H,1,3,6,8-11H2/t15-/m0/s1. The molecule has 0 aliphatic carbocycles. The molecule has 3 heterocycles. The molecule has 26 heavy (non-hydrogen) atoms. The van der Waals surface area contributed by atoms with Gasteiger partial charge in [0.25, 0.3) is 0 Å². The van der Waals surface area contributed by atoms with E-state index in [-0.39, 0.29) is 30.6 Å². The molecule has 1 atom stereocenters. The molecule has 6 heteroatoms. The fourth-order valence-electron chi connectivity index (χ4n) is 3.60. The first-order valence-corrected chi connectivity index (χ1v) is 9.86. The van der Waals surface area contributed by atoms with Gasteiger partial charge in [0.1, 0.15) is 13.2 Å². The van der Waals surface area contributed by atoms with Gasteiger partial charge >= 0.3 is 0 Å². The van der Waals surface area contributed by atoms with Gasteiger partial charge in [-0.1, -0.05) is 12.1 Å². The summed E-state index contributed by atoms with van der Waals surface area (Å²) in [5.41, 5.74) is 1.07. The molecule has 0 bridgehead atoms. The van der Waals surface area contributed by atoms with Crippen molar-refractivity contribution < 1.29 is 19.1 Å². The number of Topliss-reactive ketones (excluding diaryl/α,β-unsaturated/α-hetero) is 1. The zero-order chi connectivity index (χ0) is 17.9. The molecule has 1 aromatic carbocycles. The van der Waals surface area contributed by atoms with E-state index >= 15 is 0 Å². The van der Waals surface area contributed by atoms with E-state index in [4.69, 9.17) is 9.47 Å². The highest BCUT2D eigenvalue weighted by Gasteiger charge is 2.31. The summed E-state index contributed by atoms with van der Waals surface area (Å²) in [6.07, 6.45) is 2.44. The Morgan fingerprint density at radius 2 is 1.96 bits per heavy atom. The fraction of sp³-hybridized carbons (Fsp3) is 0.400. The quantitative estimate of drug-likeness (QED) is 0.749. The van der Waals surface area contributed by atoms with Crippen LogP contribution in [0.25, 0.3) is 0 Å². The molecule has 1 fully saturated rings. The third-order valence-corrected chi connectivity index (χ3v) is 5.80. The predicted octanol–water partition coefficient (Wildman–Crippen LogP) is 3.85. The maximum atomic E-state index is 12.7. The summed E-state index contributed by atoms with van der Waals surface area (Å²) in [6, 6.07) is 9.65. The number of likely N-dealkylation sites (tertiary alicyclic amines) is 1. The van der Waals surface area contributed by atoms with Crippen molar-refractivity contribution in [2.24, 2.45) is 0 Å². The van der Waals surface area contributed by atoms with E-state index < -0.39 is 0 Å². The van der Waals surface area contributed by atoms with E-state index in [1.54, 1.807) is 0 Å². The van der Waals surface area contributed by atoms with E-state index in [9.17, 15) is 9.59 Å². The Bertz CT molecular complexity index is 802. The highest BCUT2D eigenvalue weighted by Crippen LogP contribution is 2.38. The average molecular weight is 371 g/mol. The smallest absolute Gasteiger partial charge is 0.223 e. The Morgan fingerprint density at radius 3 is 2.77 bits per heavy atom. The summed E-state index contributed by atoms with van der Waals surface area (Å²) in [7, 11) is 0. The third-order valence-electron chi connectivity index (χ3n) is 4.89. The minimum Gasteiger partial charge on any atom is -0.486 e. The summed E-state index contributed by atoms with van der Waals surface area (Å²) >= 11 is 1.43. The van der Waals surface area contributed by atoms with Crippen molar-refractivity contribution in [2.45, 2.75) is 31.7 Å². The van der Waals surface area contributed by atoms with Gasteiger partial charge in [0.2, 0.25) is 5.91 Å². The number of thiophene rings is 1. The van der Waals surface area contributed by atoms with Gasteiger partial charge in [-0.3, -0.25) is 9.59 Å². The molecule has 1 saturated heterocycles. The minimum absolute atomic E-state index is 0.0448. The molecule has 0 N–H and O–H groups in total. The van der Waals surface area contributed by atoms with Crippen molar-refractivity contribution in [1.82, 2.24) is 4.90 Å². The van der Waals surface area contributed by atoms with Crippen LogP contribution in [0.3, 0.4) is 0 Å². The average Bonchev–Trinajstić information content (AvgIpc) is 3.37. The number of ether oxygens (including phenoxy) is 2. The van der Waals surface area contributed by atoms with Crippen molar-refractivity contribution >= 4 is 23.0 Å². The zero-order valence-electron chi connectivity index (χ0n) is 14.5. The molecule has 0 radical (unpaired) electrons. The highest BCUT2D eigenvalue weighted by molar-refractivity contribution is 7.12. The summed E-state index contributed by atoms with van der Waals surface area (Å²) < 4.78 is 11.2. The van der Waals surface area contributed by atoms with E-state index in [2.05, 4.69) is 0 Å². The number of nitrogens with zero attached hydrogens (tertiary/aromatic N) is 1. The number of carbonyl (C=O) groups is 2. The predicted molar refractivity (Wildman–Crippen MR) is 99.0 cm³/mol. The first-order valence-electron chi connectivity index (χ1n) is 8.98.